The lowest BCUT2D eigenvalue weighted by atomic mass is 10.0. The molecule has 19 heavy (non-hydrogen) atoms. The van der Waals surface area contributed by atoms with Crippen molar-refractivity contribution < 1.29 is 27.4 Å². The van der Waals surface area contributed by atoms with E-state index in [1.165, 1.54) is 0 Å². The van der Waals surface area contributed by atoms with Gasteiger partial charge in [0.1, 0.15) is 0 Å². The molecule has 0 N–H and O–H groups in total. The number of benzene rings is 1. The molecule has 0 aliphatic rings. The molecule has 10 heteroatoms. The van der Waals surface area contributed by atoms with Crippen LogP contribution in [0.3, 0.4) is 0 Å². The third-order valence-corrected chi connectivity index (χ3v) is 2.22. The minimum absolute atomic E-state index is 0.455. The van der Waals surface area contributed by atoms with E-state index < -0.39 is 45.6 Å². The third kappa shape index (κ3) is 3.36. The van der Waals surface area contributed by atoms with Gasteiger partial charge >= 0.3 is 12.3 Å². The van der Waals surface area contributed by atoms with E-state index in [0.717, 1.165) is 6.07 Å². The van der Waals surface area contributed by atoms with Crippen LogP contribution >= 0.6 is 0 Å². The van der Waals surface area contributed by atoms with Crippen molar-refractivity contribution >= 4 is 11.4 Å². The van der Waals surface area contributed by atoms with Crippen LogP contribution in [-0.2, 0) is 6.42 Å². The van der Waals surface area contributed by atoms with Crippen LogP contribution in [0.4, 0.5) is 28.9 Å². The summed E-state index contributed by atoms with van der Waals surface area (Å²) in [6.07, 6.45) is -5.55. The van der Waals surface area contributed by atoms with Gasteiger partial charge in [-0.3, -0.25) is 20.2 Å². The second-order valence-corrected chi connectivity index (χ2v) is 3.57. The molecule has 0 bridgehead atoms. The van der Waals surface area contributed by atoms with Crippen molar-refractivity contribution in [1.82, 2.24) is 0 Å². The minimum Gasteiger partial charge on any atom is -0.258 e. The lowest BCUT2D eigenvalue weighted by molar-refractivity contribution is -0.394. The monoisotopic (exact) mass is 282 g/mol. The maximum absolute atomic E-state index is 12.8. The van der Waals surface area contributed by atoms with E-state index in [0.29, 0.717) is 12.1 Å². The molecule has 1 aromatic carbocycles. The van der Waals surface area contributed by atoms with Crippen molar-refractivity contribution in [3.63, 3.8) is 0 Å². The van der Waals surface area contributed by atoms with Gasteiger partial charge in [0, 0.05) is 18.1 Å². The van der Waals surface area contributed by atoms with Crippen LogP contribution in [0.1, 0.15) is 5.56 Å². The average Bonchev–Trinajstić information content (AvgIpc) is 2.28. The second kappa shape index (κ2) is 5.16. The first kappa shape index (κ1) is 14.8. The highest BCUT2D eigenvalue weighted by atomic mass is 19.3. The van der Waals surface area contributed by atoms with Gasteiger partial charge in [-0.2, -0.15) is 8.78 Å². The highest BCUT2D eigenvalue weighted by Crippen LogP contribution is 2.32. The summed E-state index contributed by atoms with van der Waals surface area (Å²) in [4.78, 5) is 18.9. The van der Waals surface area contributed by atoms with Crippen LogP contribution in [0, 0.1) is 20.2 Å². The summed E-state index contributed by atoms with van der Waals surface area (Å²) in [6.45, 7) is 0. The molecule has 0 aliphatic heterocycles. The van der Waals surface area contributed by atoms with Crippen molar-refractivity contribution in [3.05, 3.63) is 44.0 Å². The zero-order valence-electron chi connectivity index (χ0n) is 9.06. The summed E-state index contributed by atoms with van der Waals surface area (Å²) >= 11 is 0. The van der Waals surface area contributed by atoms with Crippen molar-refractivity contribution in [2.24, 2.45) is 0 Å². The first-order chi connectivity index (χ1) is 8.65. The molecule has 0 saturated heterocycles. The van der Waals surface area contributed by atoms with Gasteiger partial charge in [0.05, 0.1) is 15.9 Å². The van der Waals surface area contributed by atoms with Gasteiger partial charge < -0.3 is 0 Å². The summed E-state index contributed by atoms with van der Waals surface area (Å²) in [7, 11) is 0. The maximum atomic E-state index is 12.8. The van der Waals surface area contributed by atoms with Crippen molar-refractivity contribution in [2.45, 2.75) is 18.8 Å². The maximum Gasteiger partial charge on any atom is 0.311 e. The molecule has 0 spiro atoms. The van der Waals surface area contributed by atoms with Gasteiger partial charge in [-0.15, -0.1) is 0 Å². The molecule has 1 aromatic rings. The Labute approximate surface area is 102 Å². The van der Waals surface area contributed by atoms with Crippen LogP contribution in [0.25, 0.3) is 0 Å². The van der Waals surface area contributed by atoms with Crippen LogP contribution in [-0.4, -0.2) is 22.2 Å². The molecule has 0 heterocycles. The lowest BCUT2D eigenvalue weighted by Gasteiger charge is -2.14. The van der Waals surface area contributed by atoms with E-state index in [2.05, 4.69) is 0 Å². The van der Waals surface area contributed by atoms with Gasteiger partial charge in [0.15, 0.2) is 0 Å². The molecule has 0 aliphatic carbocycles. The van der Waals surface area contributed by atoms with Gasteiger partial charge in [0.25, 0.3) is 11.4 Å². The molecule has 104 valence electrons. The van der Waals surface area contributed by atoms with Crippen LogP contribution < -0.4 is 0 Å². The molecular formula is C9H6F4N2O4. The predicted molar refractivity (Wildman–Crippen MR) is 54.4 cm³/mol. The third-order valence-electron chi connectivity index (χ3n) is 2.22. The quantitative estimate of drug-likeness (QED) is 0.472. The number of alkyl halides is 4. The van der Waals surface area contributed by atoms with E-state index in [-0.39, 0.29) is 0 Å². The molecule has 0 aromatic heterocycles. The Hall–Kier alpha value is -2.26. The van der Waals surface area contributed by atoms with Crippen molar-refractivity contribution in [3.8, 4) is 0 Å². The van der Waals surface area contributed by atoms with E-state index in [4.69, 9.17) is 0 Å². The second-order valence-electron chi connectivity index (χ2n) is 3.57. The number of hydrogen-bond donors (Lipinski definition) is 0. The Morgan fingerprint density at radius 1 is 1.16 bits per heavy atom. The number of nitrogens with zero attached hydrogens (tertiary/aromatic N) is 2. The fraction of sp³-hybridized carbons (Fsp3) is 0.333. The summed E-state index contributed by atoms with van der Waals surface area (Å²) in [5.41, 5.74) is -2.37. The molecular weight excluding hydrogens is 276 g/mol. The summed E-state index contributed by atoms with van der Waals surface area (Å²) < 4.78 is 49.7. The van der Waals surface area contributed by atoms with Crippen molar-refractivity contribution in [2.75, 3.05) is 0 Å². The van der Waals surface area contributed by atoms with Gasteiger partial charge in [0.2, 0.25) is 0 Å². The van der Waals surface area contributed by atoms with E-state index >= 15 is 0 Å². The fourth-order valence-electron chi connectivity index (χ4n) is 1.32. The van der Waals surface area contributed by atoms with Crippen LogP contribution in [0.15, 0.2) is 18.2 Å². The summed E-state index contributed by atoms with van der Waals surface area (Å²) in [5.74, 6) is -4.44. The molecule has 1 rings (SSSR count). The predicted octanol–water partition coefficient (Wildman–Crippen LogP) is 2.95. The molecule has 0 radical (unpaired) electrons. The van der Waals surface area contributed by atoms with Crippen LogP contribution in [0.2, 0.25) is 0 Å². The van der Waals surface area contributed by atoms with Gasteiger partial charge in [-0.25, -0.2) is 8.78 Å². The van der Waals surface area contributed by atoms with E-state index in [1.807, 2.05) is 0 Å². The highest BCUT2D eigenvalue weighted by molar-refractivity contribution is 5.49. The Morgan fingerprint density at radius 3 is 2.16 bits per heavy atom. The number of nitro benzene ring substituents is 2. The number of non-ortho nitro benzene ring substituents is 1. The van der Waals surface area contributed by atoms with Crippen LogP contribution in [0.5, 0.6) is 0 Å². The normalized spacial score (nSPS) is 11.6. The van der Waals surface area contributed by atoms with Gasteiger partial charge in [-0.1, -0.05) is 0 Å². The van der Waals surface area contributed by atoms with E-state index in [1.54, 1.807) is 0 Å². The number of nitro groups is 2. The molecule has 0 amide bonds. The Balaban J connectivity index is 3.21. The smallest absolute Gasteiger partial charge is 0.258 e. The SMILES string of the molecule is O=[N+]([O-])c1ccc(CC(F)(F)C(F)F)c([N+](=O)[O-])c1. The van der Waals surface area contributed by atoms with Crippen molar-refractivity contribution in [1.29, 1.82) is 0 Å². The number of halogens is 4. The molecule has 0 fully saturated rings. The molecule has 0 unspecified atom stereocenters. The number of rotatable bonds is 5. The summed E-state index contributed by atoms with van der Waals surface area (Å²) in [6, 6.07) is 1.87. The summed E-state index contributed by atoms with van der Waals surface area (Å²) in [5, 5.41) is 21.0. The van der Waals surface area contributed by atoms with Gasteiger partial charge in [-0.05, 0) is 6.07 Å². The standard InChI is InChI=1S/C9H6F4N2O4/c10-8(11)9(12,13)4-5-1-2-6(14(16)17)3-7(5)15(18)19/h1-3,8H,4H2. The Morgan fingerprint density at radius 2 is 1.74 bits per heavy atom. The first-order valence-corrected chi connectivity index (χ1v) is 4.73. The van der Waals surface area contributed by atoms with E-state index in [9.17, 15) is 37.8 Å². The molecule has 0 saturated carbocycles. The lowest BCUT2D eigenvalue weighted by Crippen LogP contribution is -2.29. The fourth-order valence-corrected chi connectivity index (χ4v) is 1.32. The Bertz CT molecular complexity index is 521. The molecule has 6 nitrogen and oxygen atoms in total. The first-order valence-electron chi connectivity index (χ1n) is 4.73. The topological polar surface area (TPSA) is 86.3 Å². The average molecular weight is 282 g/mol. The zero-order chi connectivity index (χ0) is 14.8. The molecule has 0 atom stereocenters. The highest BCUT2D eigenvalue weighted by Gasteiger charge is 2.42. The largest absolute Gasteiger partial charge is 0.311 e. The minimum atomic E-state index is -4.44. The Kier molecular flexibility index (Phi) is 4.02. The number of hydrogen-bond acceptors (Lipinski definition) is 4. The zero-order valence-corrected chi connectivity index (χ0v) is 9.06.